The fourth-order valence-corrected chi connectivity index (χ4v) is 2.46. The highest BCUT2D eigenvalue weighted by molar-refractivity contribution is 7.17. The van der Waals surface area contributed by atoms with Gasteiger partial charge >= 0.3 is 0 Å². The van der Waals surface area contributed by atoms with Gasteiger partial charge in [0.05, 0.1) is 18.5 Å². The Morgan fingerprint density at radius 1 is 1.24 bits per heavy atom. The van der Waals surface area contributed by atoms with E-state index in [-0.39, 0.29) is 12.3 Å². The summed E-state index contributed by atoms with van der Waals surface area (Å²) in [6.07, 6.45) is 0. The Labute approximate surface area is 104 Å². The number of methoxy groups -OCH3 is 1. The lowest BCUT2D eigenvalue weighted by molar-refractivity contribution is 0.100. The second kappa shape index (κ2) is 5.12. The summed E-state index contributed by atoms with van der Waals surface area (Å²) in [5.74, 6) is 0.804. The Morgan fingerprint density at radius 3 is 2.53 bits per heavy atom. The summed E-state index contributed by atoms with van der Waals surface area (Å²) in [4.78, 5) is 13.2. The van der Waals surface area contributed by atoms with E-state index in [9.17, 15) is 4.79 Å². The predicted molar refractivity (Wildman–Crippen MR) is 69.7 cm³/mol. The van der Waals surface area contributed by atoms with Crippen molar-refractivity contribution in [2.45, 2.75) is 0 Å². The van der Waals surface area contributed by atoms with E-state index >= 15 is 0 Å². The quantitative estimate of drug-likeness (QED) is 0.845. The number of carbonyl (C=O) groups is 1. The SMILES string of the molecule is COc1ccc(-c2ccc(C(=O)CN)s2)cc1. The van der Waals surface area contributed by atoms with Gasteiger partial charge in [0.15, 0.2) is 5.78 Å². The van der Waals surface area contributed by atoms with Crippen LogP contribution in [0.5, 0.6) is 5.75 Å². The zero-order valence-corrected chi connectivity index (χ0v) is 10.3. The normalized spacial score (nSPS) is 10.2. The minimum atomic E-state index is -0.0187. The van der Waals surface area contributed by atoms with E-state index in [0.29, 0.717) is 4.88 Å². The molecular formula is C13H13NO2S. The highest BCUT2D eigenvalue weighted by atomic mass is 32.1. The number of Topliss-reactive ketones (excluding diaryl/α,β-unsaturated/α-hetero) is 1. The van der Waals surface area contributed by atoms with Crippen molar-refractivity contribution in [3.8, 4) is 16.2 Å². The molecule has 4 heteroatoms. The molecule has 0 saturated carbocycles. The smallest absolute Gasteiger partial charge is 0.186 e. The number of benzene rings is 1. The molecule has 88 valence electrons. The summed E-state index contributed by atoms with van der Waals surface area (Å²) < 4.78 is 5.10. The van der Waals surface area contributed by atoms with E-state index < -0.39 is 0 Å². The zero-order valence-electron chi connectivity index (χ0n) is 9.47. The van der Waals surface area contributed by atoms with E-state index in [0.717, 1.165) is 16.2 Å². The molecule has 1 heterocycles. The average molecular weight is 247 g/mol. The Kier molecular flexibility index (Phi) is 3.56. The van der Waals surface area contributed by atoms with Gasteiger partial charge in [-0.25, -0.2) is 0 Å². The third-order valence-electron chi connectivity index (χ3n) is 2.44. The van der Waals surface area contributed by atoms with Crippen molar-refractivity contribution in [3.05, 3.63) is 41.3 Å². The first-order chi connectivity index (χ1) is 8.24. The number of ketones is 1. The highest BCUT2D eigenvalue weighted by Gasteiger charge is 2.08. The van der Waals surface area contributed by atoms with Crippen LogP contribution in [0.2, 0.25) is 0 Å². The summed E-state index contributed by atoms with van der Waals surface area (Å²) in [6, 6.07) is 11.5. The number of hydrogen-bond donors (Lipinski definition) is 1. The molecule has 2 N–H and O–H groups in total. The monoisotopic (exact) mass is 247 g/mol. The van der Waals surface area contributed by atoms with Crippen molar-refractivity contribution in [2.24, 2.45) is 5.73 Å². The van der Waals surface area contributed by atoms with Crippen molar-refractivity contribution in [1.82, 2.24) is 0 Å². The number of thiophene rings is 1. The second-order valence-electron chi connectivity index (χ2n) is 3.52. The molecule has 0 spiro atoms. The Balaban J connectivity index is 2.27. The van der Waals surface area contributed by atoms with Gasteiger partial charge in [0, 0.05) is 4.88 Å². The largest absolute Gasteiger partial charge is 0.497 e. The van der Waals surface area contributed by atoms with Crippen molar-refractivity contribution >= 4 is 17.1 Å². The molecule has 0 amide bonds. The van der Waals surface area contributed by atoms with Crippen molar-refractivity contribution < 1.29 is 9.53 Å². The lowest BCUT2D eigenvalue weighted by atomic mass is 10.2. The van der Waals surface area contributed by atoms with Crippen LogP contribution in [0, 0.1) is 0 Å². The molecule has 1 aromatic carbocycles. The highest BCUT2D eigenvalue weighted by Crippen LogP contribution is 2.29. The molecule has 2 rings (SSSR count). The van der Waals surface area contributed by atoms with Crippen LogP contribution in [-0.2, 0) is 0 Å². The van der Waals surface area contributed by atoms with Crippen LogP contribution < -0.4 is 10.5 Å². The van der Waals surface area contributed by atoms with E-state index in [2.05, 4.69) is 0 Å². The standard InChI is InChI=1S/C13H13NO2S/c1-16-10-4-2-9(3-5-10)12-6-7-13(17-12)11(15)8-14/h2-7H,8,14H2,1H3. The minimum Gasteiger partial charge on any atom is -0.497 e. The summed E-state index contributed by atoms with van der Waals surface area (Å²) in [7, 11) is 1.64. The summed E-state index contributed by atoms with van der Waals surface area (Å²) in [6.45, 7) is 0.0581. The molecule has 1 aromatic heterocycles. The Morgan fingerprint density at radius 2 is 1.94 bits per heavy atom. The third-order valence-corrected chi connectivity index (χ3v) is 3.62. The zero-order chi connectivity index (χ0) is 12.3. The van der Waals surface area contributed by atoms with Gasteiger partial charge in [-0.2, -0.15) is 0 Å². The van der Waals surface area contributed by atoms with Crippen LogP contribution in [0.25, 0.3) is 10.4 Å². The fraction of sp³-hybridized carbons (Fsp3) is 0.154. The molecule has 0 bridgehead atoms. The summed E-state index contributed by atoms with van der Waals surface area (Å²) in [5, 5.41) is 0. The average Bonchev–Trinajstić information content (AvgIpc) is 2.87. The van der Waals surface area contributed by atoms with Gasteiger partial charge in [-0.15, -0.1) is 11.3 Å². The van der Waals surface area contributed by atoms with Crippen LogP contribution >= 0.6 is 11.3 Å². The summed E-state index contributed by atoms with van der Waals surface area (Å²) >= 11 is 1.46. The number of carbonyl (C=O) groups excluding carboxylic acids is 1. The lowest BCUT2D eigenvalue weighted by Crippen LogP contribution is -2.11. The van der Waals surface area contributed by atoms with Gasteiger partial charge in [0.2, 0.25) is 0 Å². The van der Waals surface area contributed by atoms with E-state index in [1.54, 1.807) is 7.11 Å². The Hall–Kier alpha value is -1.65. The third kappa shape index (κ3) is 2.54. The molecule has 0 fully saturated rings. The maximum absolute atomic E-state index is 11.4. The minimum absolute atomic E-state index is 0.0187. The predicted octanol–water partition coefficient (Wildman–Crippen LogP) is 2.57. The van der Waals surface area contributed by atoms with E-state index in [1.807, 2.05) is 36.4 Å². The van der Waals surface area contributed by atoms with Gasteiger partial charge in [-0.1, -0.05) is 0 Å². The molecule has 0 aliphatic rings. The van der Waals surface area contributed by atoms with Gasteiger partial charge < -0.3 is 10.5 Å². The molecule has 2 aromatic rings. The maximum Gasteiger partial charge on any atom is 0.186 e. The molecule has 0 aliphatic carbocycles. The van der Waals surface area contributed by atoms with Crippen LogP contribution in [0.1, 0.15) is 9.67 Å². The van der Waals surface area contributed by atoms with Gasteiger partial charge in [-0.05, 0) is 42.0 Å². The number of ether oxygens (including phenoxy) is 1. The first-order valence-electron chi connectivity index (χ1n) is 5.22. The first-order valence-corrected chi connectivity index (χ1v) is 6.04. The van der Waals surface area contributed by atoms with Crippen molar-refractivity contribution in [2.75, 3.05) is 13.7 Å². The molecule has 0 radical (unpaired) electrons. The summed E-state index contributed by atoms with van der Waals surface area (Å²) in [5.41, 5.74) is 6.41. The van der Waals surface area contributed by atoms with Gasteiger partial charge in [0.25, 0.3) is 0 Å². The number of rotatable bonds is 4. The molecule has 17 heavy (non-hydrogen) atoms. The number of nitrogens with two attached hydrogens (primary N) is 1. The second-order valence-corrected chi connectivity index (χ2v) is 4.60. The Bertz CT molecular complexity index is 516. The molecular weight excluding hydrogens is 234 g/mol. The topological polar surface area (TPSA) is 52.3 Å². The van der Waals surface area contributed by atoms with E-state index in [1.165, 1.54) is 11.3 Å². The first kappa shape index (κ1) is 11.8. The van der Waals surface area contributed by atoms with Crippen LogP contribution in [0.3, 0.4) is 0 Å². The molecule has 0 atom stereocenters. The lowest BCUT2D eigenvalue weighted by Gasteiger charge is -2.00. The van der Waals surface area contributed by atoms with Crippen molar-refractivity contribution in [1.29, 1.82) is 0 Å². The number of hydrogen-bond acceptors (Lipinski definition) is 4. The maximum atomic E-state index is 11.4. The van der Waals surface area contributed by atoms with Gasteiger partial charge in [0.1, 0.15) is 5.75 Å². The van der Waals surface area contributed by atoms with Crippen LogP contribution in [0.4, 0.5) is 0 Å². The molecule has 0 saturated heterocycles. The fourth-order valence-electron chi connectivity index (χ4n) is 1.50. The molecule has 0 unspecified atom stereocenters. The molecule has 3 nitrogen and oxygen atoms in total. The van der Waals surface area contributed by atoms with Gasteiger partial charge in [-0.3, -0.25) is 4.79 Å². The van der Waals surface area contributed by atoms with Crippen LogP contribution in [0.15, 0.2) is 36.4 Å². The molecule has 0 aliphatic heterocycles. The van der Waals surface area contributed by atoms with E-state index in [4.69, 9.17) is 10.5 Å². The van der Waals surface area contributed by atoms with Crippen molar-refractivity contribution in [3.63, 3.8) is 0 Å². The van der Waals surface area contributed by atoms with Crippen LogP contribution in [-0.4, -0.2) is 19.4 Å².